The fourth-order valence-electron chi connectivity index (χ4n) is 2.13. The standard InChI is InChI=1S/C19H12BrClINO2/c20-13-3-8-17(16(22)11-13)23-19(24)10-7-15-6-9-18(25-15)12-1-4-14(21)5-2-12/h1-11H,(H,23,24). The Bertz CT molecular complexity index is 935. The Morgan fingerprint density at radius 3 is 2.60 bits per heavy atom. The molecule has 0 aliphatic rings. The summed E-state index contributed by atoms with van der Waals surface area (Å²) in [6.45, 7) is 0. The predicted molar refractivity (Wildman–Crippen MR) is 114 cm³/mol. The number of halogens is 3. The number of carbonyl (C=O) groups is 1. The number of furan rings is 1. The van der Waals surface area contributed by atoms with Gasteiger partial charge in [0.2, 0.25) is 5.91 Å². The Hall–Kier alpha value is -1.57. The van der Waals surface area contributed by atoms with E-state index < -0.39 is 0 Å². The molecule has 0 aliphatic heterocycles. The van der Waals surface area contributed by atoms with Crippen molar-refractivity contribution in [1.82, 2.24) is 0 Å². The van der Waals surface area contributed by atoms with Crippen molar-refractivity contribution < 1.29 is 9.21 Å². The Kier molecular flexibility index (Phi) is 5.98. The van der Waals surface area contributed by atoms with Crippen LogP contribution in [0.1, 0.15) is 5.76 Å². The second-order valence-electron chi connectivity index (χ2n) is 5.16. The van der Waals surface area contributed by atoms with E-state index in [9.17, 15) is 4.79 Å². The predicted octanol–water partition coefficient (Wildman–Crippen LogP) is 6.62. The Morgan fingerprint density at radius 2 is 1.88 bits per heavy atom. The van der Waals surface area contributed by atoms with Crippen molar-refractivity contribution in [2.24, 2.45) is 0 Å². The number of anilines is 1. The van der Waals surface area contributed by atoms with Gasteiger partial charge in [-0.15, -0.1) is 0 Å². The van der Waals surface area contributed by atoms with Crippen molar-refractivity contribution in [2.75, 3.05) is 5.32 Å². The van der Waals surface area contributed by atoms with Gasteiger partial charge in [-0.25, -0.2) is 0 Å². The van der Waals surface area contributed by atoms with E-state index in [1.54, 1.807) is 6.08 Å². The van der Waals surface area contributed by atoms with E-state index >= 15 is 0 Å². The molecule has 0 saturated carbocycles. The molecule has 0 radical (unpaired) electrons. The summed E-state index contributed by atoms with van der Waals surface area (Å²) in [6.07, 6.45) is 3.09. The van der Waals surface area contributed by atoms with Crippen LogP contribution < -0.4 is 5.32 Å². The molecular weight excluding hydrogens is 516 g/mol. The fourth-order valence-corrected chi connectivity index (χ4v) is 3.70. The van der Waals surface area contributed by atoms with Crippen molar-refractivity contribution in [3.05, 3.63) is 79.5 Å². The Balaban J connectivity index is 1.67. The molecule has 0 unspecified atom stereocenters. The first-order valence-corrected chi connectivity index (χ1v) is 9.56. The first-order chi connectivity index (χ1) is 12.0. The first kappa shape index (κ1) is 18.2. The van der Waals surface area contributed by atoms with Crippen molar-refractivity contribution in [3.63, 3.8) is 0 Å². The average molecular weight is 529 g/mol. The molecule has 3 rings (SSSR count). The Labute approximate surface area is 172 Å². The molecule has 0 spiro atoms. The summed E-state index contributed by atoms with van der Waals surface area (Å²) in [5.74, 6) is 1.11. The van der Waals surface area contributed by atoms with Gasteiger partial charge < -0.3 is 9.73 Å². The highest BCUT2D eigenvalue weighted by molar-refractivity contribution is 14.1. The minimum absolute atomic E-state index is 0.218. The number of hydrogen-bond acceptors (Lipinski definition) is 2. The molecule has 0 aliphatic carbocycles. The van der Waals surface area contributed by atoms with Crippen molar-refractivity contribution in [3.8, 4) is 11.3 Å². The lowest BCUT2D eigenvalue weighted by Crippen LogP contribution is -2.08. The van der Waals surface area contributed by atoms with Gasteiger partial charge in [-0.2, -0.15) is 0 Å². The van der Waals surface area contributed by atoms with E-state index in [0.29, 0.717) is 10.8 Å². The molecule has 3 nitrogen and oxygen atoms in total. The van der Waals surface area contributed by atoms with Crippen LogP contribution >= 0.6 is 50.1 Å². The van der Waals surface area contributed by atoms with E-state index in [1.165, 1.54) is 6.08 Å². The van der Waals surface area contributed by atoms with E-state index in [4.69, 9.17) is 16.0 Å². The van der Waals surface area contributed by atoms with Crippen LogP contribution in [0.3, 0.4) is 0 Å². The molecule has 1 N–H and O–H groups in total. The van der Waals surface area contributed by atoms with Gasteiger partial charge in [0.25, 0.3) is 0 Å². The molecule has 0 fully saturated rings. The van der Waals surface area contributed by atoms with Crippen LogP contribution in [0.4, 0.5) is 5.69 Å². The minimum atomic E-state index is -0.218. The lowest BCUT2D eigenvalue weighted by atomic mass is 10.2. The number of benzene rings is 2. The molecule has 25 heavy (non-hydrogen) atoms. The van der Waals surface area contributed by atoms with E-state index in [0.717, 1.165) is 25.1 Å². The maximum Gasteiger partial charge on any atom is 0.248 e. The third-order valence-corrected chi connectivity index (χ3v) is 4.98. The third kappa shape index (κ3) is 4.96. The number of rotatable bonds is 4. The molecule has 0 saturated heterocycles. The normalized spacial score (nSPS) is 11.0. The van der Waals surface area contributed by atoms with Gasteiger partial charge in [-0.05, 0) is 83.3 Å². The lowest BCUT2D eigenvalue weighted by molar-refractivity contribution is -0.111. The molecule has 1 amide bonds. The van der Waals surface area contributed by atoms with Gasteiger partial charge in [-0.1, -0.05) is 27.5 Å². The van der Waals surface area contributed by atoms with Crippen LogP contribution in [-0.2, 0) is 4.79 Å². The largest absolute Gasteiger partial charge is 0.457 e. The van der Waals surface area contributed by atoms with Crippen molar-refractivity contribution >= 4 is 67.8 Å². The maximum absolute atomic E-state index is 12.1. The molecule has 3 aromatic rings. The molecular formula is C19H12BrClINO2. The van der Waals surface area contributed by atoms with Gasteiger partial charge in [0.15, 0.2) is 0 Å². The lowest BCUT2D eigenvalue weighted by Gasteiger charge is -2.05. The summed E-state index contributed by atoms with van der Waals surface area (Å²) in [5, 5.41) is 3.52. The molecule has 0 atom stereocenters. The summed E-state index contributed by atoms with van der Waals surface area (Å²) in [6, 6.07) is 16.7. The van der Waals surface area contributed by atoms with Crippen LogP contribution in [0.2, 0.25) is 5.02 Å². The van der Waals surface area contributed by atoms with Gasteiger partial charge in [0.1, 0.15) is 11.5 Å². The number of hydrogen-bond donors (Lipinski definition) is 1. The molecule has 126 valence electrons. The maximum atomic E-state index is 12.1. The molecule has 0 bridgehead atoms. The number of nitrogens with one attached hydrogen (secondary N) is 1. The topological polar surface area (TPSA) is 42.2 Å². The molecule has 6 heteroatoms. The zero-order valence-corrected chi connectivity index (χ0v) is 17.3. The van der Waals surface area contributed by atoms with Gasteiger partial charge in [0.05, 0.1) is 5.69 Å². The number of amides is 1. The fraction of sp³-hybridized carbons (Fsp3) is 0. The quantitative estimate of drug-likeness (QED) is 0.306. The molecule has 1 heterocycles. The SMILES string of the molecule is O=C(C=Cc1ccc(-c2ccc(Cl)cc2)o1)Nc1ccc(Br)cc1I. The van der Waals surface area contributed by atoms with Crippen LogP contribution in [0.5, 0.6) is 0 Å². The highest BCUT2D eigenvalue weighted by Crippen LogP contribution is 2.25. The minimum Gasteiger partial charge on any atom is -0.457 e. The molecule has 1 aromatic heterocycles. The van der Waals surface area contributed by atoms with Crippen LogP contribution in [-0.4, -0.2) is 5.91 Å². The van der Waals surface area contributed by atoms with Crippen molar-refractivity contribution in [2.45, 2.75) is 0 Å². The van der Waals surface area contributed by atoms with E-state index in [2.05, 4.69) is 43.8 Å². The molecule has 2 aromatic carbocycles. The monoisotopic (exact) mass is 527 g/mol. The Morgan fingerprint density at radius 1 is 1.12 bits per heavy atom. The van der Waals surface area contributed by atoms with Crippen LogP contribution in [0.25, 0.3) is 17.4 Å². The van der Waals surface area contributed by atoms with E-state index in [-0.39, 0.29) is 5.91 Å². The van der Waals surface area contributed by atoms with Gasteiger partial charge in [-0.3, -0.25) is 4.79 Å². The highest BCUT2D eigenvalue weighted by Gasteiger charge is 2.05. The van der Waals surface area contributed by atoms with Crippen molar-refractivity contribution in [1.29, 1.82) is 0 Å². The average Bonchev–Trinajstić information content (AvgIpc) is 3.05. The smallest absolute Gasteiger partial charge is 0.248 e. The second kappa shape index (κ2) is 8.21. The summed E-state index contributed by atoms with van der Waals surface area (Å²) in [5.41, 5.74) is 1.69. The number of carbonyl (C=O) groups excluding carboxylic acids is 1. The summed E-state index contributed by atoms with van der Waals surface area (Å²) in [4.78, 5) is 12.1. The van der Waals surface area contributed by atoms with Gasteiger partial charge in [0, 0.05) is 24.7 Å². The summed E-state index contributed by atoms with van der Waals surface area (Å²) in [7, 11) is 0. The summed E-state index contributed by atoms with van der Waals surface area (Å²) < 4.78 is 7.66. The zero-order chi connectivity index (χ0) is 17.8. The first-order valence-electron chi connectivity index (χ1n) is 7.31. The highest BCUT2D eigenvalue weighted by atomic mass is 127. The zero-order valence-electron chi connectivity index (χ0n) is 12.8. The second-order valence-corrected chi connectivity index (χ2v) is 7.67. The summed E-state index contributed by atoms with van der Waals surface area (Å²) >= 11 is 11.5. The third-order valence-electron chi connectivity index (χ3n) is 3.34. The van der Waals surface area contributed by atoms with E-state index in [1.807, 2.05) is 54.6 Å². The van der Waals surface area contributed by atoms with Gasteiger partial charge >= 0.3 is 0 Å². The van der Waals surface area contributed by atoms with Crippen LogP contribution in [0.15, 0.2) is 69.6 Å². The van der Waals surface area contributed by atoms with Crippen LogP contribution in [0, 0.1) is 3.57 Å².